The van der Waals surface area contributed by atoms with Gasteiger partial charge in [0.25, 0.3) is 0 Å². The van der Waals surface area contributed by atoms with Crippen molar-refractivity contribution >= 4 is 9.84 Å². The molecule has 0 saturated carbocycles. The molecule has 3 nitrogen and oxygen atoms in total. The molecule has 0 radical (unpaired) electrons. The standard InChI is InChI=1S/C11H15NO2S/c1-3-12(10-15(2,13)14)9-11-7-5-4-6-8-11/h3-8H,1,9-10H2,2H3. The normalized spacial score (nSPS) is 11.0. The van der Waals surface area contributed by atoms with E-state index >= 15 is 0 Å². The fourth-order valence-corrected chi connectivity index (χ4v) is 2.08. The minimum Gasteiger partial charge on any atom is -0.360 e. The summed E-state index contributed by atoms with van der Waals surface area (Å²) in [5.41, 5.74) is 1.07. The van der Waals surface area contributed by atoms with Gasteiger partial charge in [0.05, 0.1) is 0 Å². The first-order chi connectivity index (χ1) is 7.01. The summed E-state index contributed by atoms with van der Waals surface area (Å²) >= 11 is 0. The van der Waals surface area contributed by atoms with Crippen molar-refractivity contribution in [2.75, 3.05) is 12.1 Å². The van der Waals surface area contributed by atoms with Crippen molar-refractivity contribution in [1.82, 2.24) is 4.90 Å². The van der Waals surface area contributed by atoms with Crippen LogP contribution >= 0.6 is 0 Å². The fourth-order valence-electron chi connectivity index (χ4n) is 1.28. The van der Waals surface area contributed by atoms with Crippen LogP contribution in [0.2, 0.25) is 0 Å². The van der Waals surface area contributed by atoms with Crippen molar-refractivity contribution in [2.45, 2.75) is 6.54 Å². The molecular weight excluding hydrogens is 210 g/mol. The number of benzene rings is 1. The van der Waals surface area contributed by atoms with Gasteiger partial charge in [-0.1, -0.05) is 36.9 Å². The molecular formula is C11H15NO2S. The molecule has 0 heterocycles. The van der Waals surface area contributed by atoms with E-state index in [4.69, 9.17) is 0 Å². The zero-order valence-corrected chi connectivity index (χ0v) is 9.57. The minimum absolute atomic E-state index is 0.00535. The number of rotatable bonds is 5. The van der Waals surface area contributed by atoms with Gasteiger partial charge in [-0.2, -0.15) is 0 Å². The maximum atomic E-state index is 11.1. The summed E-state index contributed by atoms with van der Waals surface area (Å²) in [7, 11) is -3.00. The lowest BCUT2D eigenvalue weighted by Gasteiger charge is -2.18. The van der Waals surface area contributed by atoms with Crippen LogP contribution in [0.3, 0.4) is 0 Å². The molecule has 0 bridgehead atoms. The average molecular weight is 225 g/mol. The summed E-state index contributed by atoms with van der Waals surface area (Å²) in [6.07, 6.45) is 2.77. The molecule has 0 aromatic heterocycles. The Morgan fingerprint density at radius 1 is 1.33 bits per heavy atom. The lowest BCUT2D eigenvalue weighted by Crippen LogP contribution is -2.23. The number of nitrogens with zero attached hydrogens (tertiary/aromatic N) is 1. The Hall–Kier alpha value is -1.29. The molecule has 0 fully saturated rings. The largest absolute Gasteiger partial charge is 0.360 e. The predicted octanol–water partition coefficient (Wildman–Crippen LogP) is 1.63. The highest BCUT2D eigenvalue weighted by Gasteiger charge is 2.07. The van der Waals surface area contributed by atoms with Gasteiger partial charge in [-0.25, -0.2) is 8.42 Å². The van der Waals surface area contributed by atoms with Crippen LogP contribution < -0.4 is 0 Å². The van der Waals surface area contributed by atoms with Crippen molar-refractivity contribution < 1.29 is 8.42 Å². The Morgan fingerprint density at radius 2 is 1.93 bits per heavy atom. The SMILES string of the molecule is C=CN(Cc1ccccc1)CS(C)(=O)=O. The third kappa shape index (κ3) is 4.65. The smallest absolute Gasteiger partial charge is 0.165 e. The molecule has 0 saturated heterocycles. The van der Waals surface area contributed by atoms with E-state index in [2.05, 4.69) is 6.58 Å². The van der Waals surface area contributed by atoms with E-state index in [-0.39, 0.29) is 5.88 Å². The molecule has 1 aromatic rings. The minimum atomic E-state index is -3.00. The summed E-state index contributed by atoms with van der Waals surface area (Å²) in [6.45, 7) is 4.17. The molecule has 4 heteroatoms. The molecule has 0 aliphatic carbocycles. The Bertz CT molecular complexity index is 411. The maximum Gasteiger partial charge on any atom is 0.165 e. The maximum absolute atomic E-state index is 11.1. The van der Waals surface area contributed by atoms with Gasteiger partial charge in [0.15, 0.2) is 9.84 Å². The molecule has 82 valence electrons. The van der Waals surface area contributed by atoms with Gasteiger partial charge in [0.1, 0.15) is 5.88 Å². The van der Waals surface area contributed by atoms with Gasteiger partial charge in [0, 0.05) is 12.8 Å². The molecule has 0 spiro atoms. The zero-order chi connectivity index (χ0) is 11.3. The summed E-state index contributed by atoms with van der Waals surface area (Å²) < 4.78 is 22.2. The van der Waals surface area contributed by atoms with E-state index in [0.717, 1.165) is 5.56 Å². The molecule has 0 aliphatic heterocycles. The topological polar surface area (TPSA) is 37.4 Å². The quantitative estimate of drug-likeness (QED) is 0.764. The Balaban J connectivity index is 2.67. The highest BCUT2D eigenvalue weighted by Crippen LogP contribution is 2.05. The van der Waals surface area contributed by atoms with Crippen LogP contribution in [0.1, 0.15) is 5.56 Å². The predicted molar refractivity (Wildman–Crippen MR) is 61.9 cm³/mol. The first-order valence-electron chi connectivity index (χ1n) is 4.59. The first-order valence-corrected chi connectivity index (χ1v) is 6.65. The van der Waals surface area contributed by atoms with Crippen molar-refractivity contribution in [1.29, 1.82) is 0 Å². The van der Waals surface area contributed by atoms with E-state index in [1.165, 1.54) is 6.26 Å². The van der Waals surface area contributed by atoms with Crippen LogP contribution in [-0.2, 0) is 16.4 Å². The van der Waals surface area contributed by atoms with E-state index in [1.54, 1.807) is 11.1 Å². The van der Waals surface area contributed by atoms with Gasteiger partial charge >= 0.3 is 0 Å². The number of sulfone groups is 1. The first kappa shape index (κ1) is 11.8. The summed E-state index contributed by atoms with van der Waals surface area (Å²) in [5, 5.41) is 0. The fraction of sp³-hybridized carbons (Fsp3) is 0.273. The Kier molecular flexibility index (Phi) is 3.91. The molecule has 15 heavy (non-hydrogen) atoms. The van der Waals surface area contributed by atoms with Crippen LogP contribution in [-0.4, -0.2) is 25.5 Å². The van der Waals surface area contributed by atoms with Gasteiger partial charge in [-0.05, 0) is 11.8 Å². The highest BCUT2D eigenvalue weighted by atomic mass is 32.2. The van der Waals surface area contributed by atoms with Gasteiger partial charge < -0.3 is 4.90 Å². The monoisotopic (exact) mass is 225 g/mol. The van der Waals surface area contributed by atoms with Crippen molar-refractivity contribution in [3.8, 4) is 0 Å². The summed E-state index contributed by atoms with van der Waals surface area (Å²) in [5.74, 6) is 0.00535. The van der Waals surface area contributed by atoms with Crippen molar-refractivity contribution in [3.05, 3.63) is 48.7 Å². The van der Waals surface area contributed by atoms with Gasteiger partial charge in [-0.3, -0.25) is 0 Å². The second-order valence-electron chi connectivity index (χ2n) is 3.47. The molecule has 1 aromatic carbocycles. The second kappa shape index (κ2) is 4.98. The second-order valence-corrected chi connectivity index (χ2v) is 5.58. The molecule has 1 rings (SSSR count). The van der Waals surface area contributed by atoms with Crippen molar-refractivity contribution in [2.24, 2.45) is 0 Å². The highest BCUT2D eigenvalue weighted by molar-refractivity contribution is 7.90. The summed E-state index contributed by atoms with van der Waals surface area (Å²) in [6, 6.07) is 9.70. The average Bonchev–Trinajstić information content (AvgIpc) is 2.16. The van der Waals surface area contributed by atoms with Crippen LogP contribution in [0.15, 0.2) is 43.1 Å². The molecule has 0 N–H and O–H groups in total. The van der Waals surface area contributed by atoms with E-state index in [0.29, 0.717) is 6.54 Å². The van der Waals surface area contributed by atoms with E-state index < -0.39 is 9.84 Å². The van der Waals surface area contributed by atoms with Crippen LogP contribution in [0.25, 0.3) is 0 Å². The Morgan fingerprint density at radius 3 is 2.40 bits per heavy atom. The van der Waals surface area contributed by atoms with Gasteiger partial charge in [-0.15, -0.1) is 0 Å². The molecule has 0 aliphatic rings. The van der Waals surface area contributed by atoms with Crippen LogP contribution in [0.5, 0.6) is 0 Å². The number of hydrogen-bond donors (Lipinski definition) is 0. The van der Waals surface area contributed by atoms with Crippen molar-refractivity contribution in [3.63, 3.8) is 0 Å². The third-order valence-electron chi connectivity index (χ3n) is 1.89. The lowest BCUT2D eigenvalue weighted by atomic mass is 10.2. The van der Waals surface area contributed by atoms with E-state index in [1.807, 2.05) is 30.3 Å². The van der Waals surface area contributed by atoms with Gasteiger partial charge in [0.2, 0.25) is 0 Å². The third-order valence-corrected chi connectivity index (χ3v) is 2.69. The number of hydrogen-bond acceptors (Lipinski definition) is 3. The summed E-state index contributed by atoms with van der Waals surface area (Å²) in [4.78, 5) is 1.67. The van der Waals surface area contributed by atoms with E-state index in [9.17, 15) is 8.42 Å². The molecule has 0 unspecified atom stereocenters. The molecule has 0 atom stereocenters. The Labute approximate surface area is 91.0 Å². The lowest BCUT2D eigenvalue weighted by molar-refractivity contribution is 0.420. The van der Waals surface area contributed by atoms with Crippen LogP contribution in [0.4, 0.5) is 0 Å². The van der Waals surface area contributed by atoms with Crippen LogP contribution in [0, 0.1) is 0 Å². The molecule has 0 amide bonds. The zero-order valence-electron chi connectivity index (χ0n) is 8.76.